The molecule has 0 spiro atoms. The second kappa shape index (κ2) is 4.38. The molecule has 1 aromatic carbocycles. The summed E-state index contributed by atoms with van der Waals surface area (Å²) in [4.78, 5) is 23.3. The van der Waals surface area contributed by atoms with Crippen LogP contribution in [0.25, 0.3) is 0 Å². The molecule has 0 saturated heterocycles. The molecule has 6 heteroatoms. The molecule has 0 aromatic heterocycles. The number of carbonyl (C=O) groups is 2. The molecule has 3 N–H and O–H groups in total. The first-order chi connectivity index (χ1) is 8.47. The molecular formula is C12H13FN2O3. The second-order valence-corrected chi connectivity index (χ2v) is 4.39. The van der Waals surface area contributed by atoms with E-state index < -0.39 is 23.1 Å². The smallest absolute Gasteiger partial charge is 0.319 e. The van der Waals surface area contributed by atoms with Crippen LogP contribution in [0.3, 0.4) is 0 Å². The van der Waals surface area contributed by atoms with Crippen molar-refractivity contribution in [2.24, 2.45) is 11.3 Å². The number of amides is 1. The van der Waals surface area contributed by atoms with Gasteiger partial charge in [0, 0.05) is 0 Å². The van der Waals surface area contributed by atoms with Crippen LogP contribution in [-0.4, -0.2) is 17.0 Å². The van der Waals surface area contributed by atoms with Crippen molar-refractivity contribution in [3.05, 3.63) is 30.1 Å². The van der Waals surface area contributed by atoms with E-state index in [1.807, 2.05) is 0 Å². The van der Waals surface area contributed by atoms with Gasteiger partial charge in [0.15, 0.2) is 0 Å². The lowest BCUT2D eigenvalue weighted by Crippen LogP contribution is -2.55. The number of nitrogens with zero attached hydrogens (tertiary/aromatic N) is 1. The summed E-state index contributed by atoms with van der Waals surface area (Å²) < 4.78 is 12.8. The number of hydrogen-bond donors (Lipinski definition) is 2. The average molecular weight is 252 g/mol. The standard InChI is InChI=1S/C12H13FN2O3/c13-8-2-4-9(5-3-8)15(14)10(16)12(11(17)18)6-1-7-12/h2-5H,1,6-7,14H2,(H,17,18). The number of aliphatic carboxylic acids is 1. The predicted molar refractivity (Wildman–Crippen MR) is 62.0 cm³/mol. The molecule has 1 aromatic rings. The summed E-state index contributed by atoms with van der Waals surface area (Å²) in [5.41, 5.74) is -1.14. The van der Waals surface area contributed by atoms with Crippen LogP contribution in [0.4, 0.5) is 10.1 Å². The van der Waals surface area contributed by atoms with Crippen LogP contribution in [0.15, 0.2) is 24.3 Å². The maximum atomic E-state index is 12.8. The Morgan fingerprint density at radius 2 is 1.83 bits per heavy atom. The number of hydrogen-bond acceptors (Lipinski definition) is 3. The van der Waals surface area contributed by atoms with Crippen LogP contribution in [-0.2, 0) is 9.59 Å². The zero-order valence-electron chi connectivity index (χ0n) is 9.60. The fourth-order valence-corrected chi connectivity index (χ4v) is 2.00. The van der Waals surface area contributed by atoms with E-state index in [4.69, 9.17) is 10.9 Å². The van der Waals surface area contributed by atoms with Gasteiger partial charge in [-0.15, -0.1) is 0 Å². The van der Waals surface area contributed by atoms with Crippen molar-refractivity contribution in [2.75, 3.05) is 5.01 Å². The highest BCUT2D eigenvalue weighted by atomic mass is 19.1. The highest BCUT2D eigenvalue weighted by molar-refractivity contribution is 6.09. The van der Waals surface area contributed by atoms with E-state index in [0.29, 0.717) is 6.42 Å². The summed E-state index contributed by atoms with van der Waals surface area (Å²) in [5, 5.41) is 9.92. The molecule has 1 aliphatic carbocycles. The summed E-state index contributed by atoms with van der Waals surface area (Å²) in [6.07, 6.45) is 1.27. The highest BCUT2D eigenvalue weighted by Crippen LogP contribution is 2.43. The van der Waals surface area contributed by atoms with Gasteiger partial charge in [0.05, 0.1) is 5.69 Å². The lowest BCUT2D eigenvalue weighted by molar-refractivity contribution is -0.160. The molecule has 0 heterocycles. The van der Waals surface area contributed by atoms with Crippen LogP contribution >= 0.6 is 0 Å². The van der Waals surface area contributed by atoms with E-state index in [1.54, 1.807) is 0 Å². The van der Waals surface area contributed by atoms with Crippen molar-refractivity contribution in [1.82, 2.24) is 0 Å². The Morgan fingerprint density at radius 1 is 1.28 bits per heavy atom. The molecule has 2 rings (SSSR count). The number of carboxylic acids is 1. The van der Waals surface area contributed by atoms with Gasteiger partial charge in [-0.2, -0.15) is 0 Å². The van der Waals surface area contributed by atoms with Crippen molar-refractivity contribution in [3.8, 4) is 0 Å². The van der Waals surface area contributed by atoms with Gasteiger partial charge in [-0.3, -0.25) is 9.59 Å². The van der Waals surface area contributed by atoms with Gasteiger partial charge in [-0.1, -0.05) is 6.42 Å². The lowest BCUT2D eigenvalue weighted by Gasteiger charge is -2.38. The first-order valence-electron chi connectivity index (χ1n) is 5.55. The summed E-state index contributed by atoms with van der Waals surface area (Å²) in [7, 11) is 0. The minimum Gasteiger partial charge on any atom is -0.480 e. The summed E-state index contributed by atoms with van der Waals surface area (Å²) in [6.45, 7) is 0. The number of benzene rings is 1. The van der Waals surface area contributed by atoms with Crippen LogP contribution < -0.4 is 10.9 Å². The normalized spacial score (nSPS) is 16.8. The SMILES string of the molecule is NN(C(=O)C1(C(=O)O)CCC1)c1ccc(F)cc1. The predicted octanol–water partition coefficient (Wildman–Crippen LogP) is 1.29. The largest absolute Gasteiger partial charge is 0.480 e. The molecular weight excluding hydrogens is 239 g/mol. The van der Waals surface area contributed by atoms with Gasteiger partial charge in [0.1, 0.15) is 11.2 Å². The van der Waals surface area contributed by atoms with Gasteiger partial charge in [0.25, 0.3) is 5.91 Å². The molecule has 0 atom stereocenters. The van der Waals surface area contributed by atoms with Crippen LogP contribution in [0.1, 0.15) is 19.3 Å². The van der Waals surface area contributed by atoms with Gasteiger partial charge in [-0.25, -0.2) is 15.2 Å². The zero-order valence-corrected chi connectivity index (χ0v) is 9.60. The third-order valence-electron chi connectivity index (χ3n) is 3.35. The summed E-state index contributed by atoms with van der Waals surface area (Å²) in [5.74, 6) is 3.36. The van der Waals surface area contributed by atoms with Crippen molar-refractivity contribution in [2.45, 2.75) is 19.3 Å². The number of carbonyl (C=O) groups excluding carboxylic acids is 1. The van der Waals surface area contributed by atoms with Crippen LogP contribution in [0.2, 0.25) is 0 Å². The van der Waals surface area contributed by atoms with E-state index in [1.165, 1.54) is 12.1 Å². The zero-order chi connectivity index (χ0) is 13.3. The van der Waals surface area contributed by atoms with Crippen LogP contribution in [0, 0.1) is 11.2 Å². The van der Waals surface area contributed by atoms with E-state index in [0.717, 1.165) is 17.1 Å². The molecule has 18 heavy (non-hydrogen) atoms. The summed E-state index contributed by atoms with van der Waals surface area (Å²) >= 11 is 0. The minimum atomic E-state index is -1.41. The quantitative estimate of drug-likeness (QED) is 0.367. The Kier molecular flexibility index (Phi) is 3.04. The number of nitrogens with two attached hydrogens (primary N) is 1. The molecule has 5 nitrogen and oxygen atoms in total. The Labute approximate surface area is 103 Å². The molecule has 1 fully saturated rings. The Bertz CT molecular complexity index is 483. The first kappa shape index (κ1) is 12.5. The number of carboxylic acid groups (broad SMARTS) is 1. The second-order valence-electron chi connectivity index (χ2n) is 4.39. The van der Waals surface area contributed by atoms with Gasteiger partial charge >= 0.3 is 5.97 Å². The molecule has 1 saturated carbocycles. The maximum absolute atomic E-state index is 12.8. The monoisotopic (exact) mass is 252 g/mol. The fraction of sp³-hybridized carbons (Fsp3) is 0.333. The third kappa shape index (κ3) is 1.84. The molecule has 0 bridgehead atoms. The third-order valence-corrected chi connectivity index (χ3v) is 3.35. The maximum Gasteiger partial charge on any atom is 0.319 e. The topological polar surface area (TPSA) is 83.6 Å². The number of halogens is 1. The molecule has 0 aliphatic heterocycles. The van der Waals surface area contributed by atoms with Gasteiger partial charge in [0.2, 0.25) is 0 Å². The average Bonchev–Trinajstić information content (AvgIpc) is 2.27. The molecule has 96 valence electrons. The number of anilines is 1. The number of hydrazine groups is 1. The molecule has 1 aliphatic rings. The van der Waals surface area contributed by atoms with E-state index in [2.05, 4.69) is 0 Å². The molecule has 1 amide bonds. The Hall–Kier alpha value is -1.95. The number of rotatable bonds is 3. The molecule has 0 unspecified atom stereocenters. The Morgan fingerprint density at radius 3 is 2.22 bits per heavy atom. The van der Waals surface area contributed by atoms with E-state index in [9.17, 15) is 14.0 Å². The fourth-order valence-electron chi connectivity index (χ4n) is 2.00. The molecule has 0 radical (unpaired) electrons. The lowest BCUT2D eigenvalue weighted by atomic mass is 9.68. The van der Waals surface area contributed by atoms with Crippen molar-refractivity contribution < 1.29 is 19.1 Å². The van der Waals surface area contributed by atoms with Crippen molar-refractivity contribution in [1.29, 1.82) is 0 Å². The van der Waals surface area contributed by atoms with Gasteiger partial charge in [-0.05, 0) is 37.1 Å². The summed E-state index contributed by atoms with van der Waals surface area (Å²) in [6, 6.07) is 5.00. The van der Waals surface area contributed by atoms with E-state index in [-0.39, 0.29) is 18.5 Å². The van der Waals surface area contributed by atoms with Crippen molar-refractivity contribution >= 4 is 17.6 Å². The highest BCUT2D eigenvalue weighted by Gasteiger charge is 2.53. The van der Waals surface area contributed by atoms with Gasteiger partial charge < -0.3 is 5.11 Å². The Balaban J connectivity index is 2.23. The van der Waals surface area contributed by atoms with Crippen molar-refractivity contribution in [3.63, 3.8) is 0 Å². The van der Waals surface area contributed by atoms with E-state index >= 15 is 0 Å². The minimum absolute atomic E-state index is 0.272. The first-order valence-corrected chi connectivity index (χ1v) is 5.55. The van der Waals surface area contributed by atoms with Crippen LogP contribution in [0.5, 0.6) is 0 Å².